The first kappa shape index (κ1) is 8.99. The van der Waals surface area contributed by atoms with Crippen LogP contribution < -0.4 is 5.32 Å². The van der Waals surface area contributed by atoms with Crippen LogP contribution >= 0.6 is 11.6 Å². The van der Waals surface area contributed by atoms with Gasteiger partial charge in [0.1, 0.15) is 5.15 Å². The van der Waals surface area contributed by atoms with Gasteiger partial charge >= 0.3 is 0 Å². The highest BCUT2D eigenvalue weighted by atomic mass is 35.5. The van der Waals surface area contributed by atoms with Crippen LogP contribution in [0.4, 0.5) is 0 Å². The van der Waals surface area contributed by atoms with Crippen LogP contribution in [0, 0.1) is 0 Å². The van der Waals surface area contributed by atoms with Crippen molar-refractivity contribution < 1.29 is 4.74 Å². The molecule has 1 saturated heterocycles. The monoisotopic (exact) mass is 201 g/mol. The lowest BCUT2D eigenvalue weighted by atomic mass is 10.2. The molecule has 4 nitrogen and oxygen atoms in total. The number of rotatable bonds is 3. The summed E-state index contributed by atoms with van der Waals surface area (Å²) in [5.74, 6) is 0. The van der Waals surface area contributed by atoms with Crippen LogP contribution in [0.2, 0.25) is 5.15 Å². The third kappa shape index (κ3) is 2.02. The number of aryl methyl sites for hydroxylation is 1. The standard InChI is InChI=1S/C8H12ClN3O/c1-12-8(9)2-6(11-12)5-13-7-3-10-4-7/h2,7,10H,3-5H2,1H3. The predicted octanol–water partition coefficient (Wildman–Crippen LogP) is 0.562. The van der Waals surface area contributed by atoms with E-state index in [2.05, 4.69) is 10.4 Å². The van der Waals surface area contributed by atoms with Crippen LogP contribution in [-0.2, 0) is 18.4 Å². The second-order valence-electron chi connectivity index (χ2n) is 3.17. The van der Waals surface area contributed by atoms with Crippen LogP contribution in [0.3, 0.4) is 0 Å². The second kappa shape index (κ2) is 3.65. The van der Waals surface area contributed by atoms with E-state index in [1.165, 1.54) is 0 Å². The highest BCUT2D eigenvalue weighted by Gasteiger charge is 2.17. The quantitative estimate of drug-likeness (QED) is 0.777. The molecule has 5 heteroatoms. The Morgan fingerprint density at radius 1 is 1.77 bits per heavy atom. The summed E-state index contributed by atoms with van der Waals surface area (Å²) in [5.41, 5.74) is 0.888. The third-order valence-corrected chi connectivity index (χ3v) is 2.44. The summed E-state index contributed by atoms with van der Waals surface area (Å²) >= 11 is 5.83. The Kier molecular flexibility index (Phi) is 2.53. The molecule has 0 aromatic carbocycles. The van der Waals surface area contributed by atoms with Gasteiger partial charge < -0.3 is 10.1 Å². The molecule has 0 spiro atoms. The lowest BCUT2D eigenvalue weighted by molar-refractivity contribution is 0.00588. The number of nitrogens with one attached hydrogen (secondary N) is 1. The summed E-state index contributed by atoms with van der Waals surface area (Å²) in [6.45, 7) is 2.44. The predicted molar refractivity (Wildman–Crippen MR) is 49.7 cm³/mol. The summed E-state index contributed by atoms with van der Waals surface area (Å²) in [6.07, 6.45) is 0.348. The van der Waals surface area contributed by atoms with E-state index in [0.717, 1.165) is 18.8 Å². The SMILES string of the molecule is Cn1nc(COC2CNC2)cc1Cl. The molecule has 0 atom stereocenters. The van der Waals surface area contributed by atoms with E-state index >= 15 is 0 Å². The van der Waals surface area contributed by atoms with Gasteiger partial charge in [0.25, 0.3) is 0 Å². The van der Waals surface area contributed by atoms with E-state index in [0.29, 0.717) is 17.9 Å². The molecule has 1 aromatic heterocycles. The highest BCUT2D eigenvalue weighted by molar-refractivity contribution is 6.29. The molecular formula is C8H12ClN3O. The van der Waals surface area contributed by atoms with Gasteiger partial charge in [0.15, 0.2) is 0 Å². The van der Waals surface area contributed by atoms with Crippen LogP contribution in [-0.4, -0.2) is 29.0 Å². The fraction of sp³-hybridized carbons (Fsp3) is 0.625. The maximum absolute atomic E-state index is 5.83. The van der Waals surface area contributed by atoms with Crippen LogP contribution in [0.5, 0.6) is 0 Å². The molecule has 2 rings (SSSR count). The Labute approximate surface area is 81.8 Å². The van der Waals surface area contributed by atoms with Gasteiger partial charge in [-0.15, -0.1) is 0 Å². The summed E-state index contributed by atoms with van der Waals surface area (Å²) in [6, 6.07) is 1.83. The summed E-state index contributed by atoms with van der Waals surface area (Å²) in [4.78, 5) is 0. The Bertz CT molecular complexity index is 276. The molecule has 1 fully saturated rings. The zero-order valence-electron chi connectivity index (χ0n) is 7.46. The topological polar surface area (TPSA) is 39.1 Å². The van der Waals surface area contributed by atoms with Crippen molar-refractivity contribution in [2.45, 2.75) is 12.7 Å². The van der Waals surface area contributed by atoms with E-state index in [9.17, 15) is 0 Å². The van der Waals surface area contributed by atoms with Gasteiger partial charge in [-0.05, 0) is 0 Å². The van der Waals surface area contributed by atoms with Crippen molar-refractivity contribution in [1.29, 1.82) is 0 Å². The largest absolute Gasteiger partial charge is 0.369 e. The highest BCUT2D eigenvalue weighted by Crippen LogP contribution is 2.11. The molecule has 1 N–H and O–H groups in total. The van der Waals surface area contributed by atoms with Crippen molar-refractivity contribution in [1.82, 2.24) is 15.1 Å². The molecule has 2 heterocycles. The fourth-order valence-corrected chi connectivity index (χ4v) is 1.32. The molecule has 0 radical (unpaired) electrons. The maximum atomic E-state index is 5.83. The van der Waals surface area contributed by atoms with Crippen molar-refractivity contribution in [3.05, 3.63) is 16.9 Å². The van der Waals surface area contributed by atoms with Crippen LogP contribution in [0.1, 0.15) is 5.69 Å². The number of aromatic nitrogens is 2. The summed E-state index contributed by atoms with van der Waals surface area (Å²) in [5, 5.41) is 7.96. The Morgan fingerprint density at radius 2 is 2.54 bits per heavy atom. The number of nitrogens with zero attached hydrogens (tertiary/aromatic N) is 2. The molecule has 0 aliphatic carbocycles. The lowest BCUT2D eigenvalue weighted by Crippen LogP contribution is -2.48. The molecule has 1 aliphatic heterocycles. The molecule has 0 unspecified atom stereocenters. The third-order valence-electron chi connectivity index (χ3n) is 2.08. The van der Waals surface area contributed by atoms with Crippen molar-refractivity contribution in [2.75, 3.05) is 13.1 Å². The van der Waals surface area contributed by atoms with Gasteiger partial charge in [-0.25, -0.2) is 0 Å². The zero-order chi connectivity index (χ0) is 9.26. The average molecular weight is 202 g/mol. The van der Waals surface area contributed by atoms with Crippen molar-refractivity contribution in [3.8, 4) is 0 Å². The van der Waals surface area contributed by atoms with Gasteiger partial charge in [-0.2, -0.15) is 5.10 Å². The fourth-order valence-electron chi connectivity index (χ4n) is 1.15. The average Bonchev–Trinajstić information content (AvgIpc) is 2.28. The van der Waals surface area contributed by atoms with Gasteiger partial charge in [0, 0.05) is 26.2 Å². The van der Waals surface area contributed by atoms with Crippen LogP contribution in [0.25, 0.3) is 0 Å². The number of hydrogen-bond donors (Lipinski definition) is 1. The lowest BCUT2D eigenvalue weighted by Gasteiger charge is -2.26. The molecule has 0 bridgehead atoms. The number of ether oxygens (including phenoxy) is 1. The first-order valence-corrected chi connectivity index (χ1v) is 4.64. The molecular weight excluding hydrogens is 190 g/mol. The van der Waals surface area contributed by atoms with Gasteiger partial charge in [0.2, 0.25) is 0 Å². The van der Waals surface area contributed by atoms with Crippen molar-refractivity contribution in [2.24, 2.45) is 7.05 Å². The first-order valence-electron chi connectivity index (χ1n) is 4.26. The molecule has 72 valence electrons. The minimum atomic E-state index is 0.348. The van der Waals surface area contributed by atoms with Crippen LogP contribution in [0.15, 0.2) is 6.07 Å². The smallest absolute Gasteiger partial charge is 0.127 e. The molecule has 1 aromatic rings. The van der Waals surface area contributed by atoms with E-state index < -0.39 is 0 Å². The second-order valence-corrected chi connectivity index (χ2v) is 3.56. The maximum Gasteiger partial charge on any atom is 0.127 e. The van der Waals surface area contributed by atoms with Crippen molar-refractivity contribution in [3.63, 3.8) is 0 Å². The molecule has 1 aliphatic rings. The molecule has 0 saturated carbocycles. The summed E-state index contributed by atoms with van der Waals surface area (Å²) < 4.78 is 7.17. The molecule has 0 amide bonds. The van der Waals surface area contributed by atoms with E-state index in [1.54, 1.807) is 4.68 Å². The van der Waals surface area contributed by atoms with Crippen molar-refractivity contribution >= 4 is 11.6 Å². The Balaban J connectivity index is 1.86. The van der Waals surface area contributed by atoms with E-state index in [-0.39, 0.29) is 0 Å². The first-order chi connectivity index (χ1) is 6.25. The minimum Gasteiger partial charge on any atom is -0.369 e. The van der Waals surface area contributed by atoms with Gasteiger partial charge in [-0.3, -0.25) is 4.68 Å². The zero-order valence-corrected chi connectivity index (χ0v) is 8.21. The summed E-state index contributed by atoms with van der Waals surface area (Å²) in [7, 11) is 1.82. The normalized spacial score (nSPS) is 17.4. The Hall–Kier alpha value is -0.580. The Morgan fingerprint density at radius 3 is 3.00 bits per heavy atom. The van der Waals surface area contributed by atoms with Gasteiger partial charge in [0.05, 0.1) is 18.4 Å². The van der Waals surface area contributed by atoms with E-state index in [4.69, 9.17) is 16.3 Å². The minimum absolute atomic E-state index is 0.348. The van der Waals surface area contributed by atoms with E-state index in [1.807, 2.05) is 13.1 Å². The number of hydrogen-bond acceptors (Lipinski definition) is 3. The van der Waals surface area contributed by atoms with Gasteiger partial charge in [-0.1, -0.05) is 11.6 Å². The number of halogens is 1. The molecule has 13 heavy (non-hydrogen) atoms.